The maximum Gasteiger partial charge on any atom is 0.226 e. The Balaban J connectivity index is 2.14. The predicted octanol–water partition coefficient (Wildman–Crippen LogP) is 2.87. The van der Waals surface area contributed by atoms with Gasteiger partial charge in [0.15, 0.2) is 5.75 Å². The van der Waals surface area contributed by atoms with E-state index < -0.39 is 5.43 Å². The van der Waals surface area contributed by atoms with Crippen molar-refractivity contribution < 1.29 is 9.52 Å². The molecule has 0 aromatic carbocycles. The van der Waals surface area contributed by atoms with Gasteiger partial charge in [0.1, 0.15) is 12.0 Å². The van der Waals surface area contributed by atoms with Crippen molar-refractivity contribution in [2.75, 3.05) is 7.05 Å². The van der Waals surface area contributed by atoms with E-state index in [9.17, 15) is 9.90 Å². The monoisotopic (exact) mass is 308 g/mol. The summed E-state index contributed by atoms with van der Waals surface area (Å²) < 4.78 is 5.25. The van der Waals surface area contributed by atoms with Crippen LogP contribution in [0, 0.1) is 6.92 Å². The SMILES string of the molecule is CCc1nc(C)c([C@H](C)N(C)Cc2cc(=O)c(O)co2)s1. The molecule has 0 saturated carbocycles. The van der Waals surface area contributed by atoms with Crippen LogP contribution in [0.2, 0.25) is 0 Å². The summed E-state index contributed by atoms with van der Waals surface area (Å²) in [5, 5.41) is 10.3. The van der Waals surface area contributed by atoms with Crippen LogP contribution in [0.25, 0.3) is 0 Å². The lowest BCUT2D eigenvalue weighted by atomic mass is 10.2. The van der Waals surface area contributed by atoms with Crippen molar-refractivity contribution in [3.05, 3.63) is 43.9 Å². The number of hydrogen-bond acceptors (Lipinski definition) is 6. The van der Waals surface area contributed by atoms with E-state index in [1.54, 1.807) is 11.3 Å². The Morgan fingerprint density at radius 3 is 2.81 bits per heavy atom. The van der Waals surface area contributed by atoms with Gasteiger partial charge in [-0.2, -0.15) is 0 Å². The van der Waals surface area contributed by atoms with E-state index in [4.69, 9.17) is 4.42 Å². The molecule has 0 bridgehead atoms. The summed E-state index contributed by atoms with van der Waals surface area (Å²) in [4.78, 5) is 19.3. The summed E-state index contributed by atoms with van der Waals surface area (Å²) in [5.41, 5.74) is 0.642. The van der Waals surface area contributed by atoms with Crippen molar-refractivity contribution in [3.63, 3.8) is 0 Å². The molecule has 21 heavy (non-hydrogen) atoms. The Morgan fingerprint density at radius 2 is 2.24 bits per heavy atom. The fourth-order valence-corrected chi connectivity index (χ4v) is 3.24. The van der Waals surface area contributed by atoms with Crippen molar-refractivity contribution in [1.29, 1.82) is 0 Å². The number of rotatable bonds is 5. The molecule has 0 fully saturated rings. The Hall–Kier alpha value is -1.66. The van der Waals surface area contributed by atoms with E-state index in [0.29, 0.717) is 12.3 Å². The number of aryl methyl sites for hydroxylation is 2. The molecule has 0 amide bonds. The molecule has 0 spiro atoms. The minimum Gasteiger partial charge on any atom is -0.502 e. The van der Waals surface area contributed by atoms with Gasteiger partial charge < -0.3 is 9.52 Å². The third-order valence-electron chi connectivity index (χ3n) is 3.49. The van der Waals surface area contributed by atoms with Gasteiger partial charge >= 0.3 is 0 Å². The summed E-state index contributed by atoms with van der Waals surface area (Å²) >= 11 is 1.73. The summed E-state index contributed by atoms with van der Waals surface area (Å²) in [6.45, 7) is 6.73. The van der Waals surface area contributed by atoms with Gasteiger partial charge in [0.25, 0.3) is 0 Å². The fourth-order valence-electron chi connectivity index (χ4n) is 2.11. The molecule has 0 radical (unpaired) electrons. The minimum absolute atomic E-state index is 0.182. The Morgan fingerprint density at radius 1 is 1.52 bits per heavy atom. The molecule has 6 heteroatoms. The van der Waals surface area contributed by atoms with Gasteiger partial charge in [0, 0.05) is 17.0 Å². The zero-order valence-corrected chi connectivity index (χ0v) is 13.5. The predicted molar refractivity (Wildman–Crippen MR) is 82.8 cm³/mol. The largest absolute Gasteiger partial charge is 0.502 e. The standard InChI is InChI=1S/C15H20N2O3S/c1-5-14-16-9(2)15(21-14)10(3)17(4)7-11-6-12(18)13(19)8-20-11/h6,8,10,19H,5,7H2,1-4H3/t10-/m0/s1. The van der Waals surface area contributed by atoms with E-state index in [1.165, 1.54) is 10.9 Å². The first-order valence-corrected chi connectivity index (χ1v) is 7.71. The molecule has 0 aliphatic carbocycles. The highest BCUT2D eigenvalue weighted by atomic mass is 32.1. The van der Waals surface area contributed by atoms with E-state index >= 15 is 0 Å². The number of hydrogen-bond donors (Lipinski definition) is 1. The van der Waals surface area contributed by atoms with Crippen LogP contribution in [0.1, 0.15) is 41.2 Å². The molecule has 2 aromatic heterocycles. The smallest absolute Gasteiger partial charge is 0.226 e. The average molecular weight is 308 g/mol. The molecule has 0 aliphatic rings. The maximum atomic E-state index is 11.4. The maximum absolute atomic E-state index is 11.4. The number of thiazole rings is 1. The van der Waals surface area contributed by atoms with Crippen LogP contribution in [-0.2, 0) is 13.0 Å². The van der Waals surface area contributed by atoms with Gasteiger partial charge in [-0.15, -0.1) is 11.3 Å². The normalized spacial score (nSPS) is 12.8. The van der Waals surface area contributed by atoms with E-state index in [0.717, 1.165) is 23.4 Å². The first-order chi connectivity index (χ1) is 9.92. The molecule has 1 atom stereocenters. The van der Waals surface area contributed by atoms with Gasteiger partial charge in [-0.3, -0.25) is 9.69 Å². The highest BCUT2D eigenvalue weighted by Gasteiger charge is 2.19. The Labute approximate surface area is 127 Å². The molecule has 114 valence electrons. The van der Waals surface area contributed by atoms with Crippen molar-refractivity contribution in [2.45, 2.75) is 39.8 Å². The van der Waals surface area contributed by atoms with Crippen LogP contribution in [0.5, 0.6) is 5.75 Å². The molecular weight excluding hydrogens is 288 g/mol. The van der Waals surface area contributed by atoms with Crippen molar-refractivity contribution >= 4 is 11.3 Å². The average Bonchev–Trinajstić information content (AvgIpc) is 2.83. The van der Waals surface area contributed by atoms with Crippen LogP contribution in [0.3, 0.4) is 0 Å². The van der Waals surface area contributed by atoms with Crippen LogP contribution >= 0.6 is 11.3 Å². The van der Waals surface area contributed by atoms with Gasteiger partial charge in [0.2, 0.25) is 5.43 Å². The van der Waals surface area contributed by atoms with Crippen LogP contribution in [0.4, 0.5) is 0 Å². The van der Waals surface area contributed by atoms with Gasteiger partial charge in [-0.1, -0.05) is 6.92 Å². The van der Waals surface area contributed by atoms with E-state index in [2.05, 4.69) is 23.7 Å². The van der Waals surface area contributed by atoms with Crippen molar-refractivity contribution in [3.8, 4) is 5.75 Å². The first kappa shape index (κ1) is 15.7. The summed E-state index contributed by atoms with van der Waals surface area (Å²) in [6.07, 6.45) is 2.03. The van der Waals surface area contributed by atoms with Crippen LogP contribution in [0.15, 0.2) is 21.5 Å². The number of aromatic nitrogens is 1. The fraction of sp³-hybridized carbons (Fsp3) is 0.467. The lowest BCUT2D eigenvalue weighted by Gasteiger charge is -2.23. The minimum atomic E-state index is -0.417. The molecule has 1 N–H and O–H groups in total. The summed E-state index contributed by atoms with van der Waals surface area (Å²) in [5.74, 6) is 0.172. The molecule has 0 saturated heterocycles. The van der Waals surface area contributed by atoms with Crippen LogP contribution in [-0.4, -0.2) is 22.0 Å². The quantitative estimate of drug-likeness (QED) is 0.920. The molecule has 5 nitrogen and oxygen atoms in total. The van der Waals surface area contributed by atoms with E-state index in [1.807, 2.05) is 14.0 Å². The van der Waals surface area contributed by atoms with E-state index in [-0.39, 0.29) is 11.8 Å². The second-order valence-electron chi connectivity index (χ2n) is 5.10. The van der Waals surface area contributed by atoms with Gasteiger partial charge in [-0.05, 0) is 27.3 Å². The lowest BCUT2D eigenvalue weighted by Crippen LogP contribution is -2.22. The third-order valence-corrected chi connectivity index (χ3v) is 4.96. The molecule has 2 rings (SSSR count). The Kier molecular flexibility index (Phi) is 4.80. The molecule has 2 aromatic rings. The first-order valence-electron chi connectivity index (χ1n) is 6.89. The molecular formula is C15H20N2O3S. The topological polar surface area (TPSA) is 66.6 Å². The highest BCUT2D eigenvalue weighted by Crippen LogP contribution is 2.29. The lowest BCUT2D eigenvalue weighted by molar-refractivity contribution is 0.231. The Bertz CT molecular complexity index is 678. The highest BCUT2D eigenvalue weighted by molar-refractivity contribution is 7.11. The van der Waals surface area contributed by atoms with Gasteiger partial charge in [-0.25, -0.2) is 4.98 Å². The van der Waals surface area contributed by atoms with Crippen molar-refractivity contribution in [2.24, 2.45) is 0 Å². The summed E-state index contributed by atoms with van der Waals surface area (Å²) in [6, 6.07) is 1.51. The number of aromatic hydroxyl groups is 1. The second-order valence-corrected chi connectivity index (χ2v) is 6.21. The zero-order valence-electron chi connectivity index (χ0n) is 12.7. The van der Waals surface area contributed by atoms with Gasteiger partial charge in [0.05, 0.1) is 17.2 Å². The third kappa shape index (κ3) is 3.51. The molecule has 2 heterocycles. The number of nitrogens with zero attached hydrogens (tertiary/aromatic N) is 2. The van der Waals surface area contributed by atoms with Crippen LogP contribution < -0.4 is 5.43 Å². The second kappa shape index (κ2) is 6.41. The molecule has 0 aliphatic heterocycles. The summed E-state index contributed by atoms with van der Waals surface area (Å²) in [7, 11) is 1.97. The zero-order chi connectivity index (χ0) is 15.6. The van der Waals surface area contributed by atoms with Crippen molar-refractivity contribution in [1.82, 2.24) is 9.88 Å². The molecule has 0 unspecified atom stereocenters.